The molecular formula is C15H22N2O3. The van der Waals surface area contributed by atoms with E-state index in [-0.39, 0.29) is 0 Å². The van der Waals surface area contributed by atoms with Gasteiger partial charge in [0, 0.05) is 6.54 Å². The molecule has 0 aliphatic rings. The molecule has 1 aromatic carbocycles. The Kier molecular flexibility index (Phi) is 5.55. The van der Waals surface area contributed by atoms with Crippen LogP contribution in [0.15, 0.2) is 30.3 Å². The number of rotatable bonds is 4. The SMILES string of the molecule is CCNC(=O)N[C@@H](C(=O)OC(C)(C)C)c1ccccc1. The van der Waals surface area contributed by atoms with E-state index in [1.807, 2.05) is 25.1 Å². The van der Waals surface area contributed by atoms with Gasteiger partial charge >= 0.3 is 12.0 Å². The zero-order chi connectivity index (χ0) is 15.2. The van der Waals surface area contributed by atoms with Crippen LogP contribution in [0.1, 0.15) is 39.3 Å². The van der Waals surface area contributed by atoms with Gasteiger partial charge in [-0.25, -0.2) is 9.59 Å². The summed E-state index contributed by atoms with van der Waals surface area (Å²) < 4.78 is 5.35. The molecule has 1 rings (SSSR count). The van der Waals surface area contributed by atoms with Gasteiger partial charge in [0.1, 0.15) is 5.60 Å². The van der Waals surface area contributed by atoms with Crippen molar-refractivity contribution in [2.24, 2.45) is 0 Å². The van der Waals surface area contributed by atoms with Crippen molar-refractivity contribution < 1.29 is 14.3 Å². The van der Waals surface area contributed by atoms with Crippen molar-refractivity contribution in [1.82, 2.24) is 10.6 Å². The maximum Gasteiger partial charge on any atom is 0.333 e. The van der Waals surface area contributed by atoms with Crippen molar-refractivity contribution in [3.05, 3.63) is 35.9 Å². The first kappa shape index (κ1) is 16.0. The van der Waals surface area contributed by atoms with Crippen LogP contribution >= 0.6 is 0 Å². The van der Waals surface area contributed by atoms with Crippen LogP contribution < -0.4 is 10.6 Å². The summed E-state index contributed by atoms with van der Waals surface area (Å²) in [6.45, 7) is 7.67. The Bertz CT molecular complexity index is 452. The van der Waals surface area contributed by atoms with E-state index in [4.69, 9.17) is 4.74 Å². The van der Waals surface area contributed by atoms with Gasteiger partial charge < -0.3 is 15.4 Å². The number of ether oxygens (including phenoxy) is 1. The van der Waals surface area contributed by atoms with Crippen LogP contribution in [0.25, 0.3) is 0 Å². The van der Waals surface area contributed by atoms with Crippen LogP contribution in [0.4, 0.5) is 4.79 Å². The molecule has 0 fully saturated rings. The molecule has 0 bridgehead atoms. The summed E-state index contributed by atoms with van der Waals surface area (Å²) in [6.07, 6.45) is 0. The monoisotopic (exact) mass is 278 g/mol. The highest BCUT2D eigenvalue weighted by Gasteiger charge is 2.27. The van der Waals surface area contributed by atoms with E-state index in [1.54, 1.807) is 32.9 Å². The lowest BCUT2D eigenvalue weighted by atomic mass is 10.1. The standard InChI is InChI=1S/C15H22N2O3/c1-5-16-14(19)17-12(11-9-7-6-8-10-11)13(18)20-15(2,3)4/h6-10,12H,5H2,1-4H3,(H2,16,17,19)/t12-/m1/s1. The molecule has 5 heteroatoms. The Balaban J connectivity index is 2.90. The molecule has 0 aromatic heterocycles. The van der Waals surface area contributed by atoms with Crippen LogP contribution in [-0.4, -0.2) is 24.1 Å². The second kappa shape index (κ2) is 6.93. The number of carbonyl (C=O) groups excluding carboxylic acids is 2. The lowest BCUT2D eigenvalue weighted by Crippen LogP contribution is -2.42. The van der Waals surface area contributed by atoms with E-state index >= 15 is 0 Å². The molecule has 0 saturated carbocycles. The Morgan fingerprint density at radius 1 is 1.20 bits per heavy atom. The second-order valence-electron chi connectivity index (χ2n) is 5.38. The van der Waals surface area contributed by atoms with E-state index in [1.165, 1.54) is 0 Å². The fraction of sp³-hybridized carbons (Fsp3) is 0.467. The summed E-state index contributed by atoms with van der Waals surface area (Å²) in [6, 6.07) is 7.82. The van der Waals surface area contributed by atoms with Crippen LogP contribution in [0.5, 0.6) is 0 Å². The van der Waals surface area contributed by atoms with Gasteiger partial charge in [-0.15, -0.1) is 0 Å². The van der Waals surface area contributed by atoms with Crippen molar-refractivity contribution in [2.75, 3.05) is 6.54 Å². The number of carbonyl (C=O) groups is 2. The third-order valence-electron chi connectivity index (χ3n) is 2.39. The first-order valence-electron chi connectivity index (χ1n) is 6.65. The van der Waals surface area contributed by atoms with Gasteiger partial charge in [0.05, 0.1) is 0 Å². The van der Waals surface area contributed by atoms with Gasteiger partial charge in [0.2, 0.25) is 0 Å². The van der Waals surface area contributed by atoms with Crippen molar-refractivity contribution in [3.63, 3.8) is 0 Å². The third-order valence-corrected chi connectivity index (χ3v) is 2.39. The van der Waals surface area contributed by atoms with Gasteiger partial charge in [-0.2, -0.15) is 0 Å². The summed E-state index contributed by atoms with van der Waals surface area (Å²) in [5.41, 5.74) is 0.0838. The third kappa shape index (κ3) is 5.30. The van der Waals surface area contributed by atoms with Crippen molar-refractivity contribution in [2.45, 2.75) is 39.3 Å². The molecule has 2 N–H and O–H groups in total. The molecule has 0 unspecified atom stereocenters. The first-order valence-corrected chi connectivity index (χ1v) is 6.65. The molecule has 5 nitrogen and oxygen atoms in total. The smallest absolute Gasteiger partial charge is 0.333 e. The number of nitrogens with one attached hydrogen (secondary N) is 2. The Morgan fingerprint density at radius 3 is 2.30 bits per heavy atom. The highest BCUT2D eigenvalue weighted by atomic mass is 16.6. The fourth-order valence-electron chi connectivity index (χ4n) is 1.63. The highest BCUT2D eigenvalue weighted by Crippen LogP contribution is 2.18. The van der Waals surface area contributed by atoms with Crippen molar-refractivity contribution in [3.8, 4) is 0 Å². The molecule has 0 heterocycles. The largest absolute Gasteiger partial charge is 0.458 e. The summed E-state index contributed by atoms with van der Waals surface area (Å²) in [5, 5.41) is 5.24. The van der Waals surface area contributed by atoms with Gasteiger partial charge in [-0.1, -0.05) is 30.3 Å². The molecule has 110 valence electrons. The van der Waals surface area contributed by atoms with Crippen LogP contribution in [0, 0.1) is 0 Å². The number of amides is 2. The summed E-state index contributed by atoms with van der Waals surface area (Å²) in [7, 11) is 0. The van der Waals surface area contributed by atoms with Gasteiger partial charge in [-0.3, -0.25) is 0 Å². The van der Waals surface area contributed by atoms with Crippen molar-refractivity contribution in [1.29, 1.82) is 0 Å². The zero-order valence-corrected chi connectivity index (χ0v) is 12.4. The molecule has 1 aromatic rings. The Morgan fingerprint density at radius 2 is 1.80 bits per heavy atom. The zero-order valence-electron chi connectivity index (χ0n) is 12.4. The maximum absolute atomic E-state index is 12.2. The lowest BCUT2D eigenvalue weighted by molar-refractivity contribution is -0.157. The summed E-state index contributed by atoms with van der Waals surface area (Å²) >= 11 is 0. The predicted molar refractivity (Wildman–Crippen MR) is 77.2 cm³/mol. The van der Waals surface area contributed by atoms with Gasteiger partial charge in [0.25, 0.3) is 0 Å². The fourth-order valence-corrected chi connectivity index (χ4v) is 1.63. The number of hydrogen-bond acceptors (Lipinski definition) is 3. The second-order valence-corrected chi connectivity index (χ2v) is 5.38. The number of esters is 1. The predicted octanol–water partition coefficient (Wildman–Crippen LogP) is 2.39. The van der Waals surface area contributed by atoms with E-state index in [0.29, 0.717) is 12.1 Å². The molecule has 2 amide bonds. The molecule has 0 radical (unpaired) electrons. The normalized spacial score (nSPS) is 12.4. The maximum atomic E-state index is 12.2. The molecular weight excluding hydrogens is 256 g/mol. The summed E-state index contributed by atoms with van der Waals surface area (Å²) in [4.78, 5) is 23.9. The molecule has 0 aliphatic heterocycles. The Labute approximate surface area is 119 Å². The molecule has 0 saturated heterocycles. The van der Waals surface area contributed by atoms with Crippen LogP contribution in [0.3, 0.4) is 0 Å². The molecule has 1 atom stereocenters. The topological polar surface area (TPSA) is 67.4 Å². The average Bonchev–Trinajstić information content (AvgIpc) is 2.35. The number of hydrogen-bond donors (Lipinski definition) is 2. The Hall–Kier alpha value is -2.04. The van der Waals surface area contributed by atoms with E-state index in [0.717, 1.165) is 0 Å². The first-order chi connectivity index (χ1) is 9.33. The van der Waals surface area contributed by atoms with Gasteiger partial charge in [-0.05, 0) is 33.3 Å². The number of urea groups is 1. The van der Waals surface area contributed by atoms with Crippen molar-refractivity contribution >= 4 is 12.0 Å². The molecule has 0 aliphatic carbocycles. The highest BCUT2D eigenvalue weighted by molar-refractivity contribution is 5.84. The lowest BCUT2D eigenvalue weighted by Gasteiger charge is -2.24. The summed E-state index contributed by atoms with van der Waals surface area (Å²) in [5.74, 6) is -0.477. The number of benzene rings is 1. The minimum atomic E-state index is -0.818. The molecule has 20 heavy (non-hydrogen) atoms. The quantitative estimate of drug-likeness (QED) is 0.831. The van der Waals surface area contributed by atoms with Crippen LogP contribution in [-0.2, 0) is 9.53 Å². The minimum Gasteiger partial charge on any atom is -0.458 e. The van der Waals surface area contributed by atoms with Gasteiger partial charge in [0.15, 0.2) is 6.04 Å². The van der Waals surface area contributed by atoms with E-state index in [2.05, 4.69) is 10.6 Å². The molecule has 0 spiro atoms. The average molecular weight is 278 g/mol. The van der Waals surface area contributed by atoms with Crippen LogP contribution in [0.2, 0.25) is 0 Å². The minimum absolute atomic E-state index is 0.396. The van der Waals surface area contributed by atoms with E-state index in [9.17, 15) is 9.59 Å². The van der Waals surface area contributed by atoms with E-state index < -0.39 is 23.6 Å².